The van der Waals surface area contributed by atoms with E-state index in [2.05, 4.69) is 11.4 Å². The molecule has 0 aliphatic carbocycles. The molecule has 1 atom stereocenters. The highest BCUT2D eigenvalue weighted by Gasteiger charge is 2.14. The maximum Gasteiger partial charge on any atom is 0.146 e. The van der Waals surface area contributed by atoms with Crippen molar-refractivity contribution in [2.75, 3.05) is 5.32 Å². The maximum atomic E-state index is 13.8. The molecule has 0 spiro atoms. The quantitative estimate of drug-likeness (QED) is 0.823. The van der Waals surface area contributed by atoms with Crippen molar-refractivity contribution in [1.82, 2.24) is 0 Å². The molecule has 1 aromatic carbocycles. The predicted octanol–water partition coefficient (Wildman–Crippen LogP) is 5.12. The summed E-state index contributed by atoms with van der Waals surface area (Å²) in [6.45, 7) is 7.58. The summed E-state index contributed by atoms with van der Waals surface area (Å²) >= 11 is 1.71. The summed E-state index contributed by atoms with van der Waals surface area (Å²) < 4.78 is 27.3. The van der Waals surface area contributed by atoms with Crippen LogP contribution in [0.1, 0.15) is 33.8 Å². The highest BCUT2D eigenvalue weighted by molar-refractivity contribution is 7.12. The Morgan fingerprint density at radius 3 is 2.32 bits per heavy atom. The number of hydrogen-bond acceptors (Lipinski definition) is 2. The predicted molar refractivity (Wildman–Crippen MR) is 76.9 cm³/mol. The molecule has 1 heterocycles. The van der Waals surface area contributed by atoms with Crippen LogP contribution in [0.3, 0.4) is 0 Å². The lowest BCUT2D eigenvalue weighted by Gasteiger charge is -2.16. The average molecular weight is 281 g/mol. The molecule has 1 unspecified atom stereocenters. The second kappa shape index (κ2) is 5.29. The minimum Gasteiger partial charge on any atom is -0.376 e. The molecular formula is C15H17F2NS. The van der Waals surface area contributed by atoms with Crippen molar-refractivity contribution in [3.05, 3.63) is 50.7 Å². The summed E-state index contributed by atoms with van der Waals surface area (Å²) in [5, 5.41) is 3.04. The van der Waals surface area contributed by atoms with E-state index in [1.165, 1.54) is 21.9 Å². The molecule has 2 rings (SSSR count). The summed E-state index contributed by atoms with van der Waals surface area (Å²) in [5.41, 5.74) is 1.65. The van der Waals surface area contributed by atoms with Crippen LogP contribution in [-0.2, 0) is 0 Å². The lowest BCUT2D eigenvalue weighted by molar-refractivity contribution is 0.593. The van der Waals surface area contributed by atoms with Gasteiger partial charge in [0.25, 0.3) is 0 Å². The fourth-order valence-electron chi connectivity index (χ4n) is 2.15. The lowest BCUT2D eigenvalue weighted by Crippen LogP contribution is -2.08. The number of aryl methyl sites for hydroxylation is 3. The summed E-state index contributed by atoms with van der Waals surface area (Å²) in [6.07, 6.45) is 0. The molecule has 1 N–H and O–H groups in total. The molecule has 19 heavy (non-hydrogen) atoms. The summed E-state index contributed by atoms with van der Waals surface area (Å²) in [7, 11) is 0. The Morgan fingerprint density at radius 2 is 1.74 bits per heavy atom. The van der Waals surface area contributed by atoms with Gasteiger partial charge in [0, 0.05) is 21.9 Å². The van der Waals surface area contributed by atoms with Crippen LogP contribution in [0.2, 0.25) is 0 Å². The Hall–Kier alpha value is -1.42. The highest BCUT2D eigenvalue weighted by Crippen LogP contribution is 2.30. The molecule has 0 fully saturated rings. The van der Waals surface area contributed by atoms with Crippen LogP contribution in [0, 0.1) is 32.4 Å². The molecule has 0 radical (unpaired) electrons. The molecule has 0 bridgehead atoms. The van der Waals surface area contributed by atoms with Gasteiger partial charge < -0.3 is 5.32 Å². The number of hydrogen-bond donors (Lipinski definition) is 1. The lowest BCUT2D eigenvalue weighted by atomic mass is 10.1. The maximum absolute atomic E-state index is 13.8. The molecule has 4 heteroatoms. The largest absolute Gasteiger partial charge is 0.376 e. The van der Waals surface area contributed by atoms with E-state index in [0.29, 0.717) is 5.56 Å². The van der Waals surface area contributed by atoms with Crippen molar-refractivity contribution in [2.24, 2.45) is 0 Å². The van der Waals surface area contributed by atoms with E-state index < -0.39 is 11.6 Å². The minimum absolute atomic E-state index is 0.0541. The zero-order valence-electron chi connectivity index (χ0n) is 11.5. The van der Waals surface area contributed by atoms with Gasteiger partial charge in [0.1, 0.15) is 11.6 Å². The van der Waals surface area contributed by atoms with Crippen molar-refractivity contribution < 1.29 is 8.78 Å². The second-order valence-electron chi connectivity index (χ2n) is 4.82. The van der Waals surface area contributed by atoms with Gasteiger partial charge in [-0.15, -0.1) is 11.3 Å². The van der Waals surface area contributed by atoms with Gasteiger partial charge in [-0.1, -0.05) is 0 Å². The van der Waals surface area contributed by atoms with E-state index in [1.54, 1.807) is 18.3 Å². The van der Waals surface area contributed by atoms with Crippen LogP contribution in [-0.4, -0.2) is 0 Å². The van der Waals surface area contributed by atoms with Crippen LogP contribution in [0.4, 0.5) is 14.5 Å². The molecule has 102 valence electrons. The van der Waals surface area contributed by atoms with Gasteiger partial charge in [-0.05, 0) is 51.0 Å². The van der Waals surface area contributed by atoms with Crippen molar-refractivity contribution in [2.45, 2.75) is 33.7 Å². The minimum atomic E-state index is -0.421. The molecule has 0 aliphatic rings. The van der Waals surface area contributed by atoms with Gasteiger partial charge in [-0.2, -0.15) is 0 Å². The first-order chi connectivity index (χ1) is 8.88. The molecule has 0 amide bonds. The first-order valence-corrected chi connectivity index (χ1v) is 6.99. The van der Waals surface area contributed by atoms with E-state index in [-0.39, 0.29) is 11.7 Å². The van der Waals surface area contributed by atoms with Gasteiger partial charge in [0.05, 0.1) is 5.69 Å². The van der Waals surface area contributed by atoms with Crippen molar-refractivity contribution in [3.63, 3.8) is 0 Å². The van der Waals surface area contributed by atoms with Crippen molar-refractivity contribution >= 4 is 17.0 Å². The fourth-order valence-corrected chi connectivity index (χ4v) is 3.17. The summed E-state index contributed by atoms with van der Waals surface area (Å²) in [5.74, 6) is -0.815. The fraction of sp³-hybridized carbons (Fsp3) is 0.333. The zero-order chi connectivity index (χ0) is 14.2. The number of rotatable bonds is 3. The van der Waals surface area contributed by atoms with Gasteiger partial charge in [0.15, 0.2) is 0 Å². The van der Waals surface area contributed by atoms with Gasteiger partial charge in [0.2, 0.25) is 0 Å². The van der Waals surface area contributed by atoms with Crippen LogP contribution in [0.25, 0.3) is 0 Å². The third-order valence-corrected chi connectivity index (χ3v) is 4.15. The Labute approximate surface area is 116 Å². The third kappa shape index (κ3) is 2.95. The number of nitrogens with one attached hydrogen (secondary N) is 1. The van der Waals surface area contributed by atoms with Gasteiger partial charge in [-0.3, -0.25) is 0 Å². The Kier molecular flexibility index (Phi) is 3.90. The van der Waals surface area contributed by atoms with Gasteiger partial charge >= 0.3 is 0 Å². The normalized spacial score (nSPS) is 12.5. The monoisotopic (exact) mass is 281 g/mol. The summed E-state index contributed by atoms with van der Waals surface area (Å²) in [6, 6.07) is 4.47. The number of halogens is 2. The average Bonchev–Trinajstić information content (AvgIpc) is 2.65. The Morgan fingerprint density at radius 1 is 1.05 bits per heavy atom. The Balaban J connectivity index is 2.26. The topological polar surface area (TPSA) is 12.0 Å². The van der Waals surface area contributed by atoms with E-state index >= 15 is 0 Å². The number of anilines is 1. The van der Waals surface area contributed by atoms with Crippen LogP contribution >= 0.6 is 11.3 Å². The molecule has 0 saturated carbocycles. The molecule has 0 aliphatic heterocycles. The first-order valence-electron chi connectivity index (χ1n) is 6.17. The van der Waals surface area contributed by atoms with E-state index in [4.69, 9.17) is 0 Å². The second-order valence-corrected chi connectivity index (χ2v) is 6.28. The van der Waals surface area contributed by atoms with Crippen LogP contribution in [0.15, 0.2) is 18.2 Å². The molecule has 1 aromatic heterocycles. The van der Waals surface area contributed by atoms with E-state index in [1.807, 2.05) is 20.8 Å². The smallest absolute Gasteiger partial charge is 0.146 e. The van der Waals surface area contributed by atoms with Crippen LogP contribution in [0.5, 0.6) is 0 Å². The summed E-state index contributed by atoms with van der Waals surface area (Å²) in [4.78, 5) is 2.42. The first kappa shape index (κ1) is 14.0. The Bertz CT molecular complexity index is 604. The van der Waals surface area contributed by atoms with E-state index in [0.717, 1.165) is 5.56 Å². The van der Waals surface area contributed by atoms with Crippen molar-refractivity contribution in [3.8, 4) is 0 Å². The number of benzene rings is 1. The highest BCUT2D eigenvalue weighted by atomic mass is 32.1. The van der Waals surface area contributed by atoms with Crippen molar-refractivity contribution in [1.29, 1.82) is 0 Å². The zero-order valence-corrected chi connectivity index (χ0v) is 12.3. The molecular weight excluding hydrogens is 264 g/mol. The third-order valence-electron chi connectivity index (χ3n) is 3.17. The number of thiophene rings is 1. The molecule has 0 saturated heterocycles. The standard InChI is InChI=1S/C15H17F2NS/c1-8-5-14(17)15(7-13(8)16)18-10(3)12-6-9(2)19-11(12)4/h5-7,10,18H,1-4H3. The molecule has 2 aromatic rings. The van der Waals surface area contributed by atoms with E-state index in [9.17, 15) is 8.78 Å². The molecule has 1 nitrogen and oxygen atoms in total. The van der Waals surface area contributed by atoms with Gasteiger partial charge in [-0.25, -0.2) is 8.78 Å². The van der Waals surface area contributed by atoms with Crippen LogP contribution < -0.4 is 5.32 Å². The SMILES string of the molecule is Cc1cc(C(C)Nc2cc(F)c(C)cc2F)c(C)s1.